The van der Waals surface area contributed by atoms with Crippen molar-refractivity contribution in [2.75, 3.05) is 29.1 Å². The van der Waals surface area contributed by atoms with Gasteiger partial charge in [0.1, 0.15) is 11.0 Å². The Kier molecular flexibility index (Phi) is 8.38. The zero-order chi connectivity index (χ0) is 19.8. The van der Waals surface area contributed by atoms with Crippen LogP contribution in [0.25, 0.3) is 0 Å². The fourth-order valence-electron chi connectivity index (χ4n) is 2.64. The van der Waals surface area contributed by atoms with Gasteiger partial charge in [-0.3, -0.25) is 4.79 Å². The Balaban J connectivity index is 2.01. The van der Waals surface area contributed by atoms with Crippen molar-refractivity contribution in [3.63, 3.8) is 0 Å². The second kappa shape index (κ2) is 10.5. The van der Waals surface area contributed by atoms with Crippen molar-refractivity contribution in [2.24, 2.45) is 0 Å². The number of nitrogens with zero attached hydrogens (tertiary/aromatic N) is 3. The molecule has 0 bridgehead atoms. The number of hydrogen-bond acceptors (Lipinski definition) is 5. The standard InChI is InChI=1S/C20H27ClN4OS/c1-5-9-25(10-6-2)18-12-17(21)23-20(24-18)27-13-19(26)22-16-8-7-14(3)15(4)11-16/h7-8,11-12H,5-6,9-10,13H2,1-4H3,(H,22,26). The van der Waals surface area contributed by atoms with E-state index >= 15 is 0 Å². The predicted molar refractivity (Wildman–Crippen MR) is 115 cm³/mol. The van der Waals surface area contributed by atoms with Gasteiger partial charge in [0.15, 0.2) is 5.16 Å². The van der Waals surface area contributed by atoms with E-state index < -0.39 is 0 Å². The van der Waals surface area contributed by atoms with Gasteiger partial charge in [-0.15, -0.1) is 0 Å². The van der Waals surface area contributed by atoms with Crippen LogP contribution in [0.5, 0.6) is 0 Å². The number of benzene rings is 1. The molecule has 1 amide bonds. The van der Waals surface area contributed by atoms with Gasteiger partial charge in [-0.25, -0.2) is 9.97 Å². The van der Waals surface area contributed by atoms with Crippen LogP contribution in [-0.4, -0.2) is 34.7 Å². The molecule has 27 heavy (non-hydrogen) atoms. The van der Waals surface area contributed by atoms with E-state index in [4.69, 9.17) is 11.6 Å². The Morgan fingerprint density at radius 2 is 1.81 bits per heavy atom. The molecule has 1 N–H and O–H groups in total. The summed E-state index contributed by atoms with van der Waals surface area (Å²) in [4.78, 5) is 23.3. The van der Waals surface area contributed by atoms with Crippen molar-refractivity contribution in [2.45, 2.75) is 45.7 Å². The lowest BCUT2D eigenvalue weighted by Gasteiger charge is -2.22. The fourth-order valence-corrected chi connectivity index (χ4v) is 3.52. The van der Waals surface area contributed by atoms with E-state index in [1.807, 2.05) is 32.0 Å². The van der Waals surface area contributed by atoms with Crippen LogP contribution in [0.15, 0.2) is 29.4 Å². The molecule has 146 valence electrons. The summed E-state index contributed by atoms with van der Waals surface area (Å²) in [6.45, 7) is 10.2. The highest BCUT2D eigenvalue weighted by atomic mass is 35.5. The summed E-state index contributed by atoms with van der Waals surface area (Å²) in [5.41, 5.74) is 3.15. The number of anilines is 2. The number of carbonyl (C=O) groups excluding carboxylic acids is 1. The normalized spacial score (nSPS) is 10.7. The molecule has 0 aliphatic carbocycles. The number of rotatable bonds is 9. The quantitative estimate of drug-likeness (QED) is 0.356. The molecule has 0 saturated heterocycles. The van der Waals surface area contributed by atoms with Gasteiger partial charge in [-0.1, -0.05) is 43.3 Å². The first-order valence-electron chi connectivity index (χ1n) is 9.22. The third-order valence-electron chi connectivity index (χ3n) is 4.09. The second-order valence-corrected chi connectivity index (χ2v) is 7.78. The number of amides is 1. The summed E-state index contributed by atoms with van der Waals surface area (Å²) in [6.07, 6.45) is 2.06. The van der Waals surface area contributed by atoms with Gasteiger partial charge >= 0.3 is 0 Å². The van der Waals surface area contributed by atoms with E-state index in [0.29, 0.717) is 10.3 Å². The minimum atomic E-state index is -0.0904. The largest absolute Gasteiger partial charge is 0.356 e. The third-order valence-corrected chi connectivity index (χ3v) is 5.14. The predicted octanol–water partition coefficient (Wildman–Crippen LogP) is 5.10. The first-order chi connectivity index (χ1) is 12.9. The van der Waals surface area contributed by atoms with Crippen LogP contribution in [0.1, 0.15) is 37.8 Å². The van der Waals surface area contributed by atoms with Crippen LogP contribution >= 0.6 is 23.4 Å². The maximum atomic E-state index is 12.3. The van der Waals surface area contributed by atoms with E-state index in [0.717, 1.165) is 43.0 Å². The molecule has 0 aliphatic rings. The molecule has 5 nitrogen and oxygen atoms in total. The van der Waals surface area contributed by atoms with Gasteiger partial charge in [-0.05, 0) is 49.9 Å². The Hall–Kier alpha value is -1.79. The minimum absolute atomic E-state index is 0.0904. The van der Waals surface area contributed by atoms with Gasteiger partial charge < -0.3 is 10.2 Å². The van der Waals surface area contributed by atoms with Gasteiger partial charge in [-0.2, -0.15) is 0 Å². The van der Waals surface area contributed by atoms with Crippen LogP contribution < -0.4 is 10.2 Å². The van der Waals surface area contributed by atoms with Crippen LogP contribution in [0.2, 0.25) is 5.15 Å². The molecule has 1 heterocycles. The molecule has 1 aromatic heterocycles. The molecule has 2 aromatic rings. The number of hydrogen-bond donors (Lipinski definition) is 1. The highest BCUT2D eigenvalue weighted by Gasteiger charge is 2.12. The number of carbonyl (C=O) groups is 1. The first kappa shape index (κ1) is 21.5. The van der Waals surface area contributed by atoms with Crippen LogP contribution in [0, 0.1) is 13.8 Å². The number of aryl methyl sites for hydroxylation is 2. The zero-order valence-corrected chi connectivity index (χ0v) is 18.0. The van der Waals surface area contributed by atoms with Crippen molar-refractivity contribution in [3.8, 4) is 0 Å². The van der Waals surface area contributed by atoms with Gasteiger partial charge in [0.2, 0.25) is 5.91 Å². The maximum absolute atomic E-state index is 12.3. The monoisotopic (exact) mass is 406 g/mol. The smallest absolute Gasteiger partial charge is 0.234 e. The first-order valence-corrected chi connectivity index (χ1v) is 10.6. The third kappa shape index (κ3) is 6.70. The highest BCUT2D eigenvalue weighted by molar-refractivity contribution is 7.99. The molecule has 1 aromatic carbocycles. The molecule has 0 fully saturated rings. The number of aromatic nitrogens is 2. The maximum Gasteiger partial charge on any atom is 0.234 e. The summed E-state index contributed by atoms with van der Waals surface area (Å²) in [7, 11) is 0. The molecule has 0 radical (unpaired) electrons. The Morgan fingerprint density at radius 3 is 2.44 bits per heavy atom. The Bertz CT molecular complexity index is 779. The molecule has 0 atom stereocenters. The van der Waals surface area contributed by atoms with Crippen molar-refractivity contribution in [1.82, 2.24) is 9.97 Å². The van der Waals surface area contributed by atoms with Crippen molar-refractivity contribution >= 4 is 40.8 Å². The lowest BCUT2D eigenvalue weighted by atomic mass is 10.1. The summed E-state index contributed by atoms with van der Waals surface area (Å²) >= 11 is 7.47. The van der Waals surface area contributed by atoms with E-state index in [-0.39, 0.29) is 11.7 Å². The zero-order valence-electron chi connectivity index (χ0n) is 16.4. The SMILES string of the molecule is CCCN(CCC)c1cc(Cl)nc(SCC(=O)Nc2ccc(C)c(C)c2)n1. The average Bonchev–Trinajstić information content (AvgIpc) is 2.62. The summed E-state index contributed by atoms with van der Waals surface area (Å²) in [5.74, 6) is 0.956. The second-order valence-electron chi connectivity index (χ2n) is 6.45. The van der Waals surface area contributed by atoms with Crippen LogP contribution in [-0.2, 0) is 4.79 Å². The molecule has 0 aliphatic heterocycles. The molecule has 7 heteroatoms. The van der Waals surface area contributed by atoms with Crippen LogP contribution in [0.4, 0.5) is 11.5 Å². The molecule has 2 rings (SSSR count). The number of nitrogens with one attached hydrogen (secondary N) is 1. The highest BCUT2D eigenvalue weighted by Crippen LogP contribution is 2.23. The van der Waals surface area contributed by atoms with Crippen LogP contribution in [0.3, 0.4) is 0 Å². The average molecular weight is 407 g/mol. The Morgan fingerprint density at radius 1 is 1.11 bits per heavy atom. The van der Waals surface area contributed by atoms with Gasteiger partial charge in [0, 0.05) is 24.8 Å². The molecular weight excluding hydrogens is 380 g/mol. The number of thioether (sulfide) groups is 1. The summed E-state index contributed by atoms with van der Waals surface area (Å²) in [5, 5.41) is 3.83. The van der Waals surface area contributed by atoms with Crippen molar-refractivity contribution < 1.29 is 4.79 Å². The van der Waals surface area contributed by atoms with E-state index in [1.54, 1.807) is 6.07 Å². The fraction of sp³-hybridized carbons (Fsp3) is 0.450. The van der Waals surface area contributed by atoms with E-state index in [2.05, 4.69) is 34.0 Å². The Labute approximate surface area is 170 Å². The molecule has 0 unspecified atom stereocenters. The number of halogens is 1. The van der Waals surface area contributed by atoms with E-state index in [9.17, 15) is 4.79 Å². The van der Waals surface area contributed by atoms with Gasteiger partial charge in [0.25, 0.3) is 0 Å². The topological polar surface area (TPSA) is 58.1 Å². The van der Waals surface area contributed by atoms with Crippen molar-refractivity contribution in [3.05, 3.63) is 40.5 Å². The molecule has 0 saturated carbocycles. The molecular formula is C20H27ClN4OS. The lowest BCUT2D eigenvalue weighted by molar-refractivity contribution is -0.113. The van der Waals surface area contributed by atoms with E-state index in [1.165, 1.54) is 17.3 Å². The molecule has 0 spiro atoms. The minimum Gasteiger partial charge on any atom is -0.356 e. The van der Waals surface area contributed by atoms with Crippen molar-refractivity contribution in [1.29, 1.82) is 0 Å². The lowest BCUT2D eigenvalue weighted by Crippen LogP contribution is -2.26. The summed E-state index contributed by atoms with van der Waals surface area (Å²) in [6, 6.07) is 7.66. The van der Waals surface area contributed by atoms with Gasteiger partial charge in [0.05, 0.1) is 5.75 Å². The summed E-state index contributed by atoms with van der Waals surface area (Å²) < 4.78 is 0.